The summed E-state index contributed by atoms with van der Waals surface area (Å²) < 4.78 is 0. The molecule has 0 saturated carbocycles. The van der Waals surface area contributed by atoms with Crippen LogP contribution in [0.5, 0.6) is 0 Å². The van der Waals surface area contributed by atoms with Gasteiger partial charge in [-0.05, 0) is 72.3 Å². The molecule has 2 heteroatoms. The van der Waals surface area contributed by atoms with Crippen molar-refractivity contribution in [3.8, 4) is 0 Å². The van der Waals surface area contributed by atoms with E-state index in [4.69, 9.17) is 0 Å². The van der Waals surface area contributed by atoms with Gasteiger partial charge in [0.1, 0.15) is 0 Å². The first kappa shape index (κ1) is 21.2. The van der Waals surface area contributed by atoms with Crippen LogP contribution in [0.1, 0.15) is 17.5 Å². The van der Waals surface area contributed by atoms with Gasteiger partial charge in [-0.15, -0.1) is 0 Å². The van der Waals surface area contributed by atoms with E-state index in [0.29, 0.717) is 0 Å². The highest BCUT2D eigenvalue weighted by Crippen LogP contribution is 2.42. The van der Waals surface area contributed by atoms with Crippen LogP contribution < -0.4 is 9.80 Å². The number of aryl methyl sites for hydroxylation is 1. The molecule has 5 aromatic carbocycles. The molecule has 35 heavy (non-hydrogen) atoms. The highest BCUT2D eigenvalue weighted by molar-refractivity contribution is 6.00. The van der Waals surface area contributed by atoms with Crippen molar-refractivity contribution in [3.63, 3.8) is 0 Å². The van der Waals surface area contributed by atoms with Crippen LogP contribution in [0, 0.1) is 0 Å². The van der Waals surface area contributed by atoms with Gasteiger partial charge in [0, 0.05) is 35.1 Å². The Morgan fingerprint density at radius 1 is 0.571 bits per heavy atom. The zero-order chi connectivity index (χ0) is 23.6. The molecule has 0 bridgehead atoms. The molecular weight excluding hydrogens is 424 g/mol. The lowest BCUT2D eigenvalue weighted by Gasteiger charge is -2.30. The minimum absolute atomic E-state index is 1.09. The number of anilines is 5. The summed E-state index contributed by atoms with van der Waals surface area (Å²) in [7, 11) is 2.12. The van der Waals surface area contributed by atoms with E-state index in [1.54, 1.807) is 0 Å². The van der Waals surface area contributed by atoms with E-state index in [1.807, 2.05) is 0 Å². The summed E-state index contributed by atoms with van der Waals surface area (Å²) in [6.45, 7) is 0. The minimum atomic E-state index is 1.09. The van der Waals surface area contributed by atoms with Crippen molar-refractivity contribution in [2.45, 2.75) is 12.8 Å². The largest absolute Gasteiger partial charge is 0.345 e. The summed E-state index contributed by atoms with van der Waals surface area (Å²) in [4.78, 5) is 4.64. The van der Waals surface area contributed by atoms with E-state index in [9.17, 15) is 0 Å². The molecule has 0 aliphatic heterocycles. The predicted molar refractivity (Wildman–Crippen MR) is 150 cm³/mol. The summed E-state index contributed by atoms with van der Waals surface area (Å²) in [5.41, 5.74) is 8.63. The number of benzene rings is 5. The third kappa shape index (κ3) is 3.98. The molecule has 0 fully saturated rings. The van der Waals surface area contributed by atoms with Crippen LogP contribution >= 0.6 is 0 Å². The van der Waals surface area contributed by atoms with E-state index in [0.717, 1.165) is 24.2 Å². The van der Waals surface area contributed by atoms with Crippen LogP contribution in [0.4, 0.5) is 28.4 Å². The number of fused-ring (bicyclic) bond motifs is 2. The Hall–Kier alpha value is -4.30. The summed E-state index contributed by atoms with van der Waals surface area (Å²) in [5.74, 6) is 0. The zero-order valence-corrected chi connectivity index (χ0v) is 19.9. The van der Waals surface area contributed by atoms with Gasteiger partial charge < -0.3 is 9.80 Å². The number of hydrogen-bond donors (Lipinski definition) is 0. The zero-order valence-electron chi connectivity index (χ0n) is 19.9. The molecule has 0 unspecified atom stereocenters. The van der Waals surface area contributed by atoms with Crippen LogP contribution in [-0.4, -0.2) is 7.05 Å². The van der Waals surface area contributed by atoms with Crippen molar-refractivity contribution >= 4 is 45.3 Å². The first-order valence-corrected chi connectivity index (χ1v) is 12.2. The number of nitrogens with zero attached hydrogens (tertiary/aromatic N) is 2. The Balaban J connectivity index is 1.51. The fourth-order valence-electron chi connectivity index (χ4n) is 5.08. The SMILES string of the molecule is CN(c1ccccc1)c1ccc(N(c2cccc3c2C=CCC3)c2cccc3ccccc23)cc1. The second-order valence-corrected chi connectivity index (χ2v) is 9.04. The van der Waals surface area contributed by atoms with Crippen molar-refractivity contribution in [2.24, 2.45) is 0 Å². The third-order valence-electron chi connectivity index (χ3n) is 6.93. The maximum Gasteiger partial charge on any atom is 0.0540 e. The van der Waals surface area contributed by atoms with Crippen molar-refractivity contribution in [2.75, 3.05) is 16.8 Å². The van der Waals surface area contributed by atoms with Crippen molar-refractivity contribution in [3.05, 3.63) is 132 Å². The normalized spacial score (nSPS) is 12.4. The van der Waals surface area contributed by atoms with Gasteiger partial charge in [0.05, 0.1) is 11.4 Å². The van der Waals surface area contributed by atoms with Crippen LogP contribution in [0.2, 0.25) is 0 Å². The van der Waals surface area contributed by atoms with Gasteiger partial charge in [-0.1, -0.05) is 78.9 Å². The summed E-state index contributed by atoms with van der Waals surface area (Å²) in [5, 5.41) is 2.49. The first-order valence-electron chi connectivity index (χ1n) is 12.2. The standard InChI is InChI=1S/C33H28N2/c1-34(27-15-3-2-4-16-27)28-21-23-29(24-22-28)35(32-19-9-13-25-11-5-7-17-30(25)32)33-20-10-14-26-12-6-8-18-31(26)33/h2-5,7-11,13-24H,6,12H2,1H3. The third-order valence-corrected chi connectivity index (χ3v) is 6.93. The van der Waals surface area contributed by atoms with E-state index < -0.39 is 0 Å². The van der Waals surface area contributed by atoms with E-state index in [-0.39, 0.29) is 0 Å². The Bertz CT molecular complexity index is 1490. The monoisotopic (exact) mass is 452 g/mol. The van der Waals surface area contributed by atoms with E-state index in [1.165, 1.54) is 39.0 Å². The van der Waals surface area contributed by atoms with Crippen LogP contribution in [0.15, 0.2) is 121 Å². The summed E-state index contributed by atoms with van der Waals surface area (Å²) in [6.07, 6.45) is 6.78. The van der Waals surface area contributed by atoms with Gasteiger partial charge in [-0.3, -0.25) is 0 Å². The van der Waals surface area contributed by atoms with Gasteiger partial charge in [-0.2, -0.15) is 0 Å². The number of hydrogen-bond acceptors (Lipinski definition) is 2. The minimum Gasteiger partial charge on any atom is -0.345 e. The average molecular weight is 453 g/mol. The molecule has 2 nitrogen and oxygen atoms in total. The molecule has 0 saturated heterocycles. The number of allylic oxidation sites excluding steroid dienone is 1. The highest BCUT2D eigenvalue weighted by atomic mass is 15.1. The van der Waals surface area contributed by atoms with Crippen LogP contribution in [0.25, 0.3) is 16.8 Å². The van der Waals surface area contributed by atoms with Crippen LogP contribution in [-0.2, 0) is 6.42 Å². The van der Waals surface area contributed by atoms with Crippen molar-refractivity contribution < 1.29 is 0 Å². The molecule has 0 radical (unpaired) electrons. The van der Waals surface area contributed by atoms with Crippen LogP contribution in [0.3, 0.4) is 0 Å². The fourth-order valence-corrected chi connectivity index (χ4v) is 5.08. The molecule has 0 N–H and O–H groups in total. The lowest BCUT2D eigenvalue weighted by Crippen LogP contribution is -2.14. The molecule has 1 aliphatic rings. The predicted octanol–water partition coefficient (Wildman–Crippen LogP) is 9.04. The first-order chi connectivity index (χ1) is 17.3. The molecule has 170 valence electrons. The molecular formula is C33H28N2. The molecule has 1 aliphatic carbocycles. The maximum atomic E-state index is 2.42. The second kappa shape index (κ2) is 9.15. The molecule has 0 spiro atoms. The summed E-state index contributed by atoms with van der Waals surface area (Å²) >= 11 is 0. The van der Waals surface area contributed by atoms with Gasteiger partial charge >= 0.3 is 0 Å². The number of rotatable bonds is 5. The molecule has 5 aromatic rings. The number of para-hydroxylation sites is 1. The average Bonchev–Trinajstić information content (AvgIpc) is 2.94. The summed E-state index contributed by atoms with van der Waals surface area (Å²) in [6, 6.07) is 41.3. The Kier molecular flexibility index (Phi) is 5.56. The highest BCUT2D eigenvalue weighted by Gasteiger charge is 2.20. The van der Waals surface area contributed by atoms with Gasteiger partial charge in [0.25, 0.3) is 0 Å². The molecule has 0 amide bonds. The van der Waals surface area contributed by atoms with Crippen molar-refractivity contribution in [1.29, 1.82) is 0 Å². The lowest BCUT2D eigenvalue weighted by molar-refractivity contribution is 0.984. The molecule has 0 aromatic heterocycles. The quantitative estimate of drug-likeness (QED) is 0.262. The topological polar surface area (TPSA) is 6.48 Å². The van der Waals surface area contributed by atoms with Gasteiger partial charge in [0.15, 0.2) is 0 Å². The Morgan fingerprint density at radius 3 is 2.09 bits per heavy atom. The smallest absolute Gasteiger partial charge is 0.0540 e. The van der Waals surface area contributed by atoms with E-state index in [2.05, 4.69) is 144 Å². The molecule has 0 heterocycles. The van der Waals surface area contributed by atoms with Gasteiger partial charge in [0.2, 0.25) is 0 Å². The molecule has 0 atom stereocenters. The second-order valence-electron chi connectivity index (χ2n) is 9.04. The van der Waals surface area contributed by atoms with E-state index >= 15 is 0 Å². The maximum absolute atomic E-state index is 2.42. The lowest BCUT2D eigenvalue weighted by atomic mass is 9.94. The molecule has 6 rings (SSSR count). The fraction of sp³-hybridized carbons (Fsp3) is 0.0909. The van der Waals surface area contributed by atoms with Gasteiger partial charge in [-0.25, -0.2) is 0 Å². The Morgan fingerprint density at radius 2 is 1.23 bits per heavy atom. The van der Waals surface area contributed by atoms with Crippen molar-refractivity contribution in [1.82, 2.24) is 0 Å². The Labute approximate surface area is 207 Å².